The fourth-order valence-corrected chi connectivity index (χ4v) is 3.41. The number of ketones is 1. The summed E-state index contributed by atoms with van der Waals surface area (Å²) in [6, 6.07) is 27.9. The van der Waals surface area contributed by atoms with Crippen LogP contribution < -0.4 is 0 Å². The van der Waals surface area contributed by atoms with Crippen LogP contribution in [0.1, 0.15) is 16.1 Å². The molecule has 0 aliphatic rings. The van der Waals surface area contributed by atoms with Crippen molar-refractivity contribution in [1.82, 2.24) is 9.97 Å². The summed E-state index contributed by atoms with van der Waals surface area (Å²) >= 11 is 0. The van der Waals surface area contributed by atoms with Gasteiger partial charge in [-0.1, -0.05) is 54.6 Å². The summed E-state index contributed by atoms with van der Waals surface area (Å²) in [5, 5.41) is 2.21. The largest absolute Gasteiger partial charge is 0.355 e. The summed E-state index contributed by atoms with van der Waals surface area (Å²) in [6.45, 7) is 0. The van der Waals surface area contributed by atoms with Crippen LogP contribution in [0.5, 0.6) is 0 Å². The molecular weight excluding hydrogens is 320 g/mol. The predicted molar refractivity (Wildman–Crippen MR) is 105 cm³/mol. The van der Waals surface area contributed by atoms with Crippen molar-refractivity contribution >= 4 is 27.6 Å². The molecule has 0 atom stereocenters. The molecule has 0 radical (unpaired) electrons. The smallest absolute Gasteiger partial charge is 0.209 e. The average Bonchev–Trinajstić information content (AvgIpc) is 3.31. The zero-order chi connectivity index (χ0) is 17.5. The Morgan fingerprint density at radius 1 is 0.654 bits per heavy atom. The maximum Gasteiger partial charge on any atom is 0.209 e. The number of hydrogen-bond donors (Lipinski definition) is 2. The molecule has 2 aromatic heterocycles. The predicted octanol–water partition coefficient (Wildman–Crippen LogP) is 5.55. The highest BCUT2D eigenvalue weighted by Crippen LogP contribution is 2.26. The van der Waals surface area contributed by atoms with Crippen molar-refractivity contribution in [2.45, 2.75) is 0 Å². The average molecular weight is 336 g/mol. The SMILES string of the molecule is O=C(c1cccc(-c2cc3ccccc3[nH]2)c1)c1cc2ccccc2[nH]1. The molecule has 3 nitrogen and oxygen atoms in total. The first-order chi connectivity index (χ1) is 12.8. The van der Waals surface area contributed by atoms with Gasteiger partial charge in [-0.25, -0.2) is 0 Å². The molecule has 5 rings (SSSR count). The number of para-hydroxylation sites is 2. The Balaban J connectivity index is 1.55. The number of rotatable bonds is 3. The summed E-state index contributed by atoms with van der Waals surface area (Å²) in [6.07, 6.45) is 0. The van der Waals surface area contributed by atoms with E-state index in [0.717, 1.165) is 33.1 Å². The molecule has 0 aliphatic carbocycles. The molecule has 124 valence electrons. The third kappa shape index (κ3) is 2.42. The third-order valence-electron chi connectivity index (χ3n) is 4.74. The minimum atomic E-state index is -0.000777. The lowest BCUT2D eigenvalue weighted by Crippen LogP contribution is -2.01. The molecule has 0 saturated carbocycles. The summed E-state index contributed by atoms with van der Waals surface area (Å²) in [7, 11) is 0. The van der Waals surface area contributed by atoms with Gasteiger partial charge < -0.3 is 9.97 Å². The van der Waals surface area contributed by atoms with Crippen LogP contribution in [-0.4, -0.2) is 15.8 Å². The van der Waals surface area contributed by atoms with Crippen molar-refractivity contribution in [2.24, 2.45) is 0 Å². The number of nitrogens with one attached hydrogen (secondary N) is 2. The van der Waals surface area contributed by atoms with Gasteiger partial charge in [0.15, 0.2) is 0 Å². The number of benzene rings is 3. The van der Waals surface area contributed by atoms with Gasteiger partial charge in [-0.05, 0) is 35.9 Å². The first-order valence-corrected chi connectivity index (χ1v) is 8.58. The van der Waals surface area contributed by atoms with E-state index in [1.165, 1.54) is 0 Å². The highest BCUT2D eigenvalue weighted by Gasteiger charge is 2.13. The lowest BCUT2D eigenvalue weighted by Gasteiger charge is -2.02. The fourth-order valence-electron chi connectivity index (χ4n) is 3.41. The van der Waals surface area contributed by atoms with E-state index >= 15 is 0 Å². The van der Waals surface area contributed by atoms with Crippen molar-refractivity contribution in [2.75, 3.05) is 0 Å². The monoisotopic (exact) mass is 336 g/mol. The second kappa shape index (κ2) is 5.74. The topological polar surface area (TPSA) is 48.6 Å². The zero-order valence-corrected chi connectivity index (χ0v) is 14.0. The van der Waals surface area contributed by atoms with E-state index in [9.17, 15) is 4.79 Å². The second-order valence-electron chi connectivity index (χ2n) is 6.45. The Bertz CT molecular complexity index is 1190. The molecule has 0 fully saturated rings. The van der Waals surface area contributed by atoms with E-state index in [1.54, 1.807) is 0 Å². The molecule has 0 aliphatic heterocycles. The van der Waals surface area contributed by atoms with Crippen molar-refractivity contribution in [3.63, 3.8) is 0 Å². The van der Waals surface area contributed by atoms with Crippen LogP contribution in [0, 0.1) is 0 Å². The molecular formula is C23H16N2O. The van der Waals surface area contributed by atoms with Gasteiger partial charge in [0.1, 0.15) is 0 Å². The lowest BCUT2D eigenvalue weighted by atomic mass is 10.0. The van der Waals surface area contributed by atoms with Gasteiger partial charge >= 0.3 is 0 Å². The third-order valence-corrected chi connectivity index (χ3v) is 4.74. The van der Waals surface area contributed by atoms with Crippen molar-refractivity contribution in [1.29, 1.82) is 0 Å². The Morgan fingerprint density at radius 2 is 1.35 bits per heavy atom. The Labute approximate surface area is 150 Å². The Morgan fingerprint density at radius 3 is 2.08 bits per heavy atom. The summed E-state index contributed by atoms with van der Waals surface area (Å²) in [5.74, 6) is -0.000777. The highest BCUT2D eigenvalue weighted by molar-refractivity contribution is 6.10. The molecule has 26 heavy (non-hydrogen) atoms. The Kier molecular flexibility index (Phi) is 3.25. The van der Waals surface area contributed by atoms with E-state index in [0.29, 0.717) is 11.3 Å². The summed E-state index contributed by atoms with van der Waals surface area (Å²) < 4.78 is 0. The lowest BCUT2D eigenvalue weighted by molar-refractivity contribution is 0.103. The minimum Gasteiger partial charge on any atom is -0.355 e. The fraction of sp³-hybridized carbons (Fsp3) is 0. The van der Waals surface area contributed by atoms with Gasteiger partial charge in [0, 0.05) is 33.1 Å². The molecule has 0 unspecified atom stereocenters. The van der Waals surface area contributed by atoms with Gasteiger partial charge in [0.25, 0.3) is 0 Å². The van der Waals surface area contributed by atoms with Crippen LogP contribution >= 0.6 is 0 Å². The van der Waals surface area contributed by atoms with Crippen LogP contribution in [0.3, 0.4) is 0 Å². The quantitative estimate of drug-likeness (QED) is 0.417. The van der Waals surface area contributed by atoms with Gasteiger partial charge in [-0.15, -0.1) is 0 Å². The van der Waals surface area contributed by atoms with Crippen LogP contribution in [0.25, 0.3) is 33.1 Å². The van der Waals surface area contributed by atoms with Gasteiger partial charge in [-0.3, -0.25) is 4.79 Å². The second-order valence-corrected chi connectivity index (χ2v) is 6.45. The number of aromatic nitrogens is 2. The molecule has 2 N–H and O–H groups in total. The minimum absolute atomic E-state index is 0.000777. The van der Waals surface area contributed by atoms with E-state index in [1.807, 2.05) is 66.7 Å². The number of carbonyl (C=O) groups is 1. The number of aromatic amines is 2. The number of fused-ring (bicyclic) bond motifs is 2. The molecule has 0 spiro atoms. The number of hydrogen-bond acceptors (Lipinski definition) is 1. The first-order valence-electron chi connectivity index (χ1n) is 8.58. The van der Waals surface area contributed by atoms with Crippen LogP contribution in [0.4, 0.5) is 0 Å². The van der Waals surface area contributed by atoms with Gasteiger partial charge in [0.2, 0.25) is 5.78 Å². The molecule has 0 saturated heterocycles. The van der Waals surface area contributed by atoms with Gasteiger partial charge in [0.05, 0.1) is 5.69 Å². The van der Waals surface area contributed by atoms with Gasteiger partial charge in [-0.2, -0.15) is 0 Å². The summed E-state index contributed by atoms with van der Waals surface area (Å²) in [4.78, 5) is 19.6. The van der Waals surface area contributed by atoms with Crippen LogP contribution in [-0.2, 0) is 0 Å². The van der Waals surface area contributed by atoms with Crippen LogP contribution in [0.15, 0.2) is 84.9 Å². The molecule has 5 aromatic rings. The van der Waals surface area contributed by atoms with E-state index < -0.39 is 0 Å². The summed E-state index contributed by atoms with van der Waals surface area (Å²) in [5.41, 5.74) is 5.37. The molecule has 0 bridgehead atoms. The standard InChI is InChI=1S/C23H16N2O/c26-23(22-14-17-7-2-4-11-20(17)25-22)18-9-5-8-15(12-18)21-13-16-6-1-3-10-19(16)24-21/h1-14,24-25H. The van der Waals surface area contributed by atoms with E-state index in [4.69, 9.17) is 0 Å². The van der Waals surface area contributed by atoms with Crippen LogP contribution in [0.2, 0.25) is 0 Å². The molecule has 0 amide bonds. The molecule has 3 heteroatoms. The van der Waals surface area contributed by atoms with Crippen molar-refractivity contribution in [3.05, 3.63) is 96.2 Å². The van der Waals surface area contributed by atoms with E-state index in [2.05, 4.69) is 28.2 Å². The van der Waals surface area contributed by atoms with Crippen molar-refractivity contribution in [3.8, 4) is 11.3 Å². The first kappa shape index (κ1) is 14.7. The highest BCUT2D eigenvalue weighted by atomic mass is 16.1. The zero-order valence-electron chi connectivity index (χ0n) is 14.0. The van der Waals surface area contributed by atoms with E-state index in [-0.39, 0.29) is 5.78 Å². The molecule has 2 heterocycles. The van der Waals surface area contributed by atoms with Crippen molar-refractivity contribution < 1.29 is 4.79 Å². The molecule has 3 aromatic carbocycles. The maximum absolute atomic E-state index is 12.9. The normalized spacial score (nSPS) is 11.2. The Hall–Kier alpha value is -3.59. The number of carbonyl (C=O) groups excluding carboxylic acids is 1. The number of H-pyrrole nitrogens is 2. The maximum atomic E-state index is 12.9.